The van der Waals surface area contributed by atoms with E-state index >= 15 is 0 Å². The minimum Gasteiger partial charge on any atom is -0.298 e. The number of allylic oxidation sites excluding steroid dienone is 5. The van der Waals surface area contributed by atoms with E-state index in [9.17, 15) is 9.18 Å². The molecule has 0 unspecified atom stereocenters. The molecule has 0 spiro atoms. The van der Waals surface area contributed by atoms with Crippen LogP contribution in [0.25, 0.3) is 0 Å². The summed E-state index contributed by atoms with van der Waals surface area (Å²) in [7, 11) is 0. The highest BCUT2D eigenvalue weighted by Crippen LogP contribution is 2.13. The summed E-state index contributed by atoms with van der Waals surface area (Å²) in [6.45, 7) is 4.52. The van der Waals surface area contributed by atoms with Crippen molar-refractivity contribution in [3.63, 3.8) is 0 Å². The van der Waals surface area contributed by atoms with Crippen LogP contribution in [0.15, 0.2) is 34.4 Å². The highest BCUT2D eigenvalue weighted by atomic mass is 79.9. The summed E-state index contributed by atoms with van der Waals surface area (Å²) in [5.41, 5.74) is 0.478. The fourth-order valence-electron chi connectivity index (χ4n) is 0.528. The molecule has 0 heterocycles. The van der Waals surface area contributed by atoms with Crippen LogP contribution in [-0.4, -0.2) is 13.0 Å². The molecule has 0 aromatic heterocycles. The van der Waals surface area contributed by atoms with Crippen LogP contribution in [0.2, 0.25) is 0 Å². The first-order valence-electron chi connectivity index (χ1n) is 3.38. The van der Waals surface area contributed by atoms with Crippen LogP contribution in [0, 0.1) is 0 Å². The molecule has 0 atom stereocenters. The SMILES string of the molecule is C=C(CF)/C(C=O)=C\C(Br)=C/C. The molecule has 0 saturated heterocycles. The Balaban J connectivity index is 4.66. The van der Waals surface area contributed by atoms with Crippen molar-refractivity contribution in [1.29, 1.82) is 0 Å². The van der Waals surface area contributed by atoms with Gasteiger partial charge in [0.1, 0.15) is 13.0 Å². The lowest BCUT2D eigenvalue weighted by Crippen LogP contribution is -1.91. The van der Waals surface area contributed by atoms with E-state index in [4.69, 9.17) is 0 Å². The molecule has 0 bridgehead atoms. The topological polar surface area (TPSA) is 17.1 Å². The fourth-order valence-corrected chi connectivity index (χ4v) is 0.775. The molecule has 0 fully saturated rings. The van der Waals surface area contributed by atoms with Crippen LogP contribution >= 0.6 is 15.9 Å². The lowest BCUT2D eigenvalue weighted by atomic mass is 10.1. The Labute approximate surface area is 79.8 Å². The summed E-state index contributed by atoms with van der Waals surface area (Å²) in [5, 5.41) is 0. The first-order valence-corrected chi connectivity index (χ1v) is 4.17. The van der Waals surface area contributed by atoms with E-state index in [1.165, 1.54) is 6.08 Å². The summed E-state index contributed by atoms with van der Waals surface area (Å²) < 4.78 is 12.8. The van der Waals surface area contributed by atoms with Crippen molar-refractivity contribution in [3.05, 3.63) is 34.4 Å². The molecule has 66 valence electrons. The van der Waals surface area contributed by atoms with Crippen LogP contribution in [0.4, 0.5) is 4.39 Å². The standard InChI is InChI=1S/C9H10BrFO/c1-3-9(10)4-8(6-12)7(2)5-11/h3-4,6H,2,5H2,1H3/b8-4-,9-3+. The number of aldehydes is 1. The van der Waals surface area contributed by atoms with Crippen molar-refractivity contribution in [2.45, 2.75) is 6.92 Å². The van der Waals surface area contributed by atoms with Gasteiger partial charge in [-0.2, -0.15) is 0 Å². The van der Waals surface area contributed by atoms with Crippen molar-refractivity contribution in [3.8, 4) is 0 Å². The van der Waals surface area contributed by atoms with Gasteiger partial charge in [0.25, 0.3) is 0 Å². The van der Waals surface area contributed by atoms with Crippen LogP contribution in [0.3, 0.4) is 0 Å². The van der Waals surface area contributed by atoms with Crippen LogP contribution in [0.1, 0.15) is 6.92 Å². The fraction of sp³-hybridized carbons (Fsp3) is 0.222. The van der Waals surface area contributed by atoms with Gasteiger partial charge in [-0.15, -0.1) is 0 Å². The molecule has 0 aromatic carbocycles. The third-order valence-electron chi connectivity index (χ3n) is 1.27. The van der Waals surface area contributed by atoms with Gasteiger partial charge in [-0.3, -0.25) is 4.79 Å². The van der Waals surface area contributed by atoms with E-state index in [0.29, 0.717) is 6.29 Å². The largest absolute Gasteiger partial charge is 0.298 e. The minimum absolute atomic E-state index is 0.198. The molecule has 0 amide bonds. The third-order valence-corrected chi connectivity index (χ3v) is 1.95. The normalized spacial score (nSPS) is 12.9. The number of carbonyl (C=O) groups excluding carboxylic acids is 1. The number of rotatable bonds is 4. The molecule has 0 N–H and O–H groups in total. The second-order valence-electron chi connectivity index (χ2n) is 2.13. The maximum absolute atomic E-state index is 12.0. The minimum atomic E-state index is -0.700. The first-order chi connectivity index (χ1) is 5.65. The number of alkyl halides is 1. The molecule has 0 aliphatic rings. The second-order valence-corrected chi connectivity index (χ2v) is 3.04. The predicted octanol–water partition coefficient (Wildman–Crippen LogP) is 2.94. The molecule has 0 saturated carbocycles. The van der Waals surface area contributed by atoms with Crippen LogP contribution in [-0.2, 0) is 4.79 Å². The van der Waals surface area contributed by atoms with Gasteiger partial charge in [-0.05, 0) is 18.6 Å². The Morgan fingerprint density at radius 1 is 1.67 bits per heavy atom. The highest BCUT2D eigenvalue weighted by Gasteiger charge is 2.00. The zero-order chi connectivity index (χ0) is 9.56. The number of carbonyl (C=O) groups is 1. The van der Waals surface area contributed by atoms with Gasteiger partial charge in [0.05, 0.1) is 0 Å². The van der Waals surface area contributed by atoms with E-state index in [1.807, 2.05) is 0 Å². The molecule has 0 aromatic rings. The van der Waals surface area contributed by atoms with Gasteiger partial charge in [0, 0.05) is 10.1 Å². The second kappa shape index (κ2) is 5.89. The molecule has 0 radical (unpaired) electrons. The molecular formula is C9H10BrFO. The Hall–Kier alpha value is -0.700. The van der Waals surface area contributed by atoms with Gasteiger partial charge in [-0.1, -0.05) is 28.6 Å². The van der Waals surface area contributed by atoms with Crippen molar-refractivity contribution in [2.75, 3.05) is 6.67 Å². The maximum Gasteiger partial charge on any atom is 0.150 e. The summed E-state index contributed by atoms with van der Waals surface area (Å²) in [6, 6.07) is 0. The van der Waals surface area contributed by atoms with Gasteiger partial charge in [0.2, 0.25) is 0 Å². The summed E-state index contributed by atoms with van der Waals surface area (Å²) in [6.07, 6.45) is 3.89. The smallest absolute Gasteiger partial charge is 0.150 e. The molecule has 0 aliphatic carbocycles. The summed E-state index contributed by atoms with van der Waals surface area (Å²) >= 11 is 3.18. The monoisotopic (exact) mass is 232 g/mol. The van der Waals surface area contributed by atoms with Gasteiger partial charge in [-0.25, -0.2) is 4.39 Å². The average Bonchev–Trinajstić information content (AvgIpc) is 2.12. The van der Waals surface area contributed by atoms with Crippen LogP contribution < -0.4 is 0 Å². The zero-order valence-electron chi connectivity index (χ0n) is 6.81. The maximum atomic E-state index is 12.0. The molecular weight excluding hydrogens is 223 g/mol. The Morgan fingerprint density at radius 2 is 2.25 bits per heavy atom. The van der Waals surface area contributed by atoms with Crippen LogP contribution in [0.5, 0.6) is 0 Å². The summed E-state index contributed by atoms with van der Waals surface area (Å²) in [5.74, 6) is 0. The van der Waals surface area contributed by atoms with Crippen molar-refractivity contribution in [2.24, 2.45) is 0 Å². The molecule has 0 rings (SSSR count). The molecule has 0 aliphatic heterocycles. The highest BCUT2D eigenvalue weighted by molar-refractivity contribution is 9.11. The lowest BCUT2D eigenvalue weighted by molar-refractivity contribution is -0.104. The lowest BCUT2D eigenvalue weighted by Gasteiger charge is -1.97. The number of hydrogen-bond acceptors (Lipinski definition) is 1. The van der Waals surface area contributed by atoms with Gasteiger partial charge in [0.15, 0.2) is 0 Å². The average molecular weight is 233 g/mol. The first kappa shape index (κ1) is 11.3. The Morgan fingerprint density at radius 3 is 2.58 bits per heavy atom. The van der Waals surface area contributed by atoms with E-state index in [0.717, 1.165) is 4.48 Å². The number of halogens is 2. The third kappa shape index (κ3) is 3.62. The van der Waals surface area contributed by atoms with E-state index in [-0.39, 0.29) is 11.1 Å². The van der Waals surface area contributed by atoms with Gasteiger partial charge >= 0.3 is 0 Å². The molecule has 3 heteroatoms. The van der Waals surface area contributed by atoms with E-state index < -0.39 is 6.67 Å². The number of hydrogen-bond donors (Lipinski definition) is 0. The molecule has 1 nitrogen and oxygen atoms in total. The predicted molar refractivity (Wildman–Crippen MR) is 51.9 cm³/mol. The van der Waals surface area contributed by atoms with E-state index in [1.54, 1.807) is 13.0 Å². The van der Waals surface area contributed by atoms with E-state index in [2.05, 4.69) is 22.5 Å². The Bertz CT molecular complexity index is 241. The molecule has 12 heavy (non-hydrogen) atoms. The zero-order valence-corrected chi connectivity index (χ0v) is 8.40. The van der Waals surface area contributed by atoms with Crippen molar-refractivity contribution in [1.82, 2.24) is 0 Å². The quantitative estimate of drug-likeness (QED) is 0.414. The van der Waals surface area contributed by atoms with Crippen molar-refractivity contribution < 1.29 is 9.18 Å². The summed E-state index contributed by atoms with van der Waals surface area (Å²) in [4.78, 5) is 10.4. The van der Waals surface area contributed by atoms with Gasteiger partial charge < -0.3 is 0 Å². The van der Waals surface area contributed by atoms with Crippen molar-refractivity contribution >= 4 is 22.2 Å². The Kier molecular flexibility index (Phi) is 5.54.